The molecule has 0 atom stereocenters. The van der Waals surface area contributed by atoms with Crippen LogP contribution in [0.15, 0.2) is 61.2 Å². The summed E-state index contributed by atoms with van der Waals surface area (Å²) < 4.78 is 12.9. The number of pyridine rings is 2. The molecule has 4 heterocycles. The molecule has 3 aromatic heterocycles. The molecule has 7 nitrogen and oxygen atoms in total. The van der Waals surface area contributed by atoms with Crippen molar-refractivity contribution in [3.63, 3.8) is 0 Å². The van der Waals surface area contributed by atoms with Crippen LogP contribution < -0.4 is 14.4 Å². The smallest absolute Gasteiger partial charge is 0.141 e. The standard InChI is InChI=1S/C26H28ClN5O2.2ClH/c1-33-24-16-25(34-2)22(27)15-21(24)23-18-32-11-6-20(14-26(32)29-23)31-10-3-9-30(12-13-31)17-19-4-7-28-8-5-19;;/h4-8,11,14-16,18H,3,9-10,12-13,17H2,1-2H3;2*1H. The Kier molecular flexibility index (Phi) is 9.68. The highest BCUT2D eigenvalue weighted by Gasteiger charge is 2.18. The number of methoxy groups -OCH3 is 2. The number of nitrogens with zero attached hydrogens (tertiary/aromatic N) is 5. The lowest BCUT2D eigenvalue weighted by Gasteiger charge is -2.23. The first kappa shape index (κ1) is 27.9. The highest BCUT2D eigenvalue weighted by molar-refractivity contribution is 6.32. The van der Waals surface area contributed by atoms with Crippen molar-refractivity contribution in [1.82, 2.24) is 19.3 Å². The molecule has 10 heteroatoms. The summed E-state index contributed by atoms with van der Waals surface area (Å²) in [7, 11) is 3.23. The zero-order valence-electron chi connectivity index (χ0n) is 20.3. The Hall–Kier alpha value is -2.71. The third kappa shape index (κ3) is 5.98. The van der Waals surface area contributed by atoms with Gasteiger partial charge >= 0.3 is 0 Å². The number of anilines is 1. The van der Waals surface area contributed by atoms with E-state index in [0.717, 1.165) is 56.0 Å². The number of rotatable bonds is 6. The molecule has 192 valence electrons. The average Bonchev–Trinajstić information content (AvgIpc) is 3.15. The lowest BCUT2D eigenvalue weighted by Crippen LogP contribution is -2.30. The van der Waals surface area contributed by atoms with Gasteiger partial charge in [0.25, 0.3) is 0 Å². The molecule has 1 aliphatic heterocycles. The van der Waals surface area contributed by atoms with E-state index < -0.39 is 0 Å². The predicted molar refractivity (Wildman–Crippen MR) is 150 cm³/mol. The van der Waals surface area contributed by atoms with Gasteiger partial charge in [-0.2, -0.15) is 0 Å². The van der Waals surface area contributed by atoms with Crippen molar-refractivity contribution in [1.29, 1.82) is 0 Å². The number of hydrogen-bond donors (Lipinski definition) is 0. The molecule has 4 aromatic rings. The van der Waals surface area contributed by atoms with Crippen LogP contribution in [0.5, 0.6) is 11.5 Å². The Labute approximate surface area is 228 Å². The summed E-state index contributed by atoms with van der Waals surface area (Å²) in [4.78, 5) is 14.0. The van der Waals surface area contributed by atoms with Crippen LogP contribution in [0.1, 0.15) is 12.0 Å². The van der Waals surface area contributed by atoms with Crippen molar-refractivity contribution in [3.05, 3.63) is 71.8 Å². The van der Waals surface area contributed by atoms with Crippen LogP contribution in [-0.2, 0) is 6.54 Å². The minimum Gasteiger partial charge on any atom is -0.496 e. The first-order valence-electron chi connectivity index (χ1n) is 11.4. The topological polar surface area (TPSA) is 55.1 Å². The maximum absolute atomic E-state index is 6.38. The third-order valence-electron chi connectivity index (χ3n) is 6.30. The van der Waals surface area contributed by atoms with E-state index in [4.69, 9.17) is 26.1 Å². The Morgan fingerprint density at radius 2 is 1.69 bits per heavy atom. The molecule has 0 spiro atoms. The number of fused-ring (bicyclic) bond motifs is 1. The van der Waals surface area contributed by atoms with Gasteiger partial charge in [0.05, 0.1) is 24.9 Å². The summed E-state index contributed by atoms with van der Waals surface area (Å²) in [6.07, 6.45) is 8.92. The summed E-state index contributed by atoms with van der Waals surface area (Å²) in [6, 6.07) is 12.1. The largest absolute Gasteiger partial charge is 0.496 e. The molecule has 0 bridgehead atoms. The predicted octanol–water partition coefficient (Wildman–Crippen LogP) is 5.62. The van der Waals surface area contributed by atoms with Gasteiger partial charge in [0, 0.05) is 80.9 Å². The van der Waals surface area contributed by atoms with E-state index in [1.165, 1.54) is 11.3 Å². The average molecular weight is 551 g/mol. The zero-order valence-corrected chi connectivity index (χ0v) is 22.7. The second kappa shape index (κ2) is 12.5. The Balaban J connectivity index is 0.00000180. The summed E-state index contributed by atoms with van der Waals surface area (Å²) in [5.41, 5.74) is 5.02. The van der Waals surface area contributed by atoms with Crippen LogP contribution in [0.4, 0.5) is 5.69 Å². The van der Waals surface area contributed by atoms with E-state index in [-0.39, 0.29) is 24.8 Å². The van der Waals surface area contributed by atoms with Gasteiger partial charge in [0.15, 0.2) is 0 Å². The maximum Gasteiger partial charge on any atom is 0.141 e. The van der Waals surface area contributed by atoms with Gasteiger partial charge < -0.3 is 18.8 Å². The van der Waals surface area contributed by atoms with Crippen molar-refractivity contribution >= 4 is 47.7 Å². The minimum absolute atomic E-state index is 0. The molecule has 5 rings (SSSR count). The fourth-order valence-electron chi connectivity index (χ4n) is 4.49. The molecule has 0 amide bonds. The number of hydrogen-bond acceptors (Lipinski definition) is 6. The van der Waals surface area contributed by atoms with Crippen LogP contribution in [0.25, 0.3) is 16.9 Å². The number of ether oxygens (including phenoxy) is 2. The van der Waals surface area contributed by atoms with Crippen molar-refractivity contribution in [3.8, 4) is 22.8 Å². The van der Waals surface area contributed by atoms with Crippen LogP contribution in [0.2, 0.25) is 5.02 Å². The summed E-state index contributed by atoms with van der Waals surface area (Å²) in [5, 5.41) is 0.525. The van der Waals surface area contributed by atoms with Gasteiger partial charge in [-0.3, -0.25) is 9.88 Å². The molecule has 1 aromatic carbocycles. The van der Waals surface area contributed by atoms with Gasteiger partial charge in [-0.25, -0.2) is 4.98 Å². The summed E-state index contributed by atoms with van der Waals surface area (Å²) >= 11 is 6.38. The quantitative estimate of drug-likeness (QED) is 0.310. The van der Waals surface area contributed by atoms with Gasteiger partial charge in [-0.15, -0.1) is 24.8 Å². The van der Waals surface area contributed by atoms with Gasteiger partial charge in [-0.05, 0) is 36.2 Å². The molecule has 0 aliphatic carbocycles. The Bertz CT molecular complexity index is 1290. The van der Waals surface area contributed by atoms with Gasteiger partial charge in [0.1, 0.15) is 17.1 Å². The monoisotopic (exact) mass is 549 g/mol. The SMILES string of the molecule is COc1cc(OC)c(-c2cn3ccc(N4CCCN(Cc5ccncc5)CC4)cc3n2)cc1Cl.Cl.Cl. The van der Waals surface area contributed by atoms with E-state index in [0.29, 0.717) is 16.5 Å². The molecular weight excluding hydrogens is 521 g/mol. The molecule has 1 saturated heterocycles. The first-order valence-corrected chi connectivity index (χ1v) is 11.8. The van der Waals surface area contributed by atoms with Gasteiger partial charge in [0.2, 0.25) is 0 Å². The van der Waals surface area contributed by atoms with E-state index in [1.54, 1.807) is 20.3 Å². The molecular formula is C26H30Cl3N5O2. The lowest BCUT2D eigenvalue weighted by atomic mass is 10.1. The van der Waals surface area contributed by atoms with Crippen LogP contribution in [0.3, 0.4) is 0 Å². The van der Waals surface area contributed by atoms with Crippen molar-refractivity contribution in [2.45, 2.75) is 13.0 Å². The van der Waals surface area contributed by atoms with Crippen molar-refractivity contribution in [2.75, 3.05) is 45.3 Å². The zero-order chi connectivity index (χ0) is 23.5. The second-order valence-corrected chi connectivity index (χ2v) is 8.84. The number of halogens is 3. The maximum atomic E-state index is 6.38. The fraction of sp³-hybridized carbons (Fsp3) is 0.308. The lowest BCUT2D eigenvalue weighted by molar-refractivity contribution is 0.285. The fourth-order valence-corrected chi connectivity index (χ4v) is 4.73. The molecule has 0 N–H and O–H groups in total. The molecule has 1 fully saturated rings. The third-order valence-corrected chi connectivity index (χ3v) is 6.60. The van der Waals surface area contributed by atoms with Gasteiger partial charge in [-0.1, -0.05) is 11.6 Å². The van der Waals surface area contributed by atoms with Crippen LogP contribution >= 0.6 is 36.4 Å². The second-order valence-electron chi connectivity index (χ2n) is 8.44. The van der Waals surface area contributed by atoms with E-state index in [2.05, 4.69) is 45.2 Å². The van der Waals surface area contributed by atoms with Crippen molar-refractivity contribution in [2.24, 2.45) is 0 Å². The van der Waals surface area contributed by atoms with E-state index in [1.807, 2.05) is 29.1 Å². The van der Waals surface area contributed by atoms with Crippen molar-refractivity contribution < 1.29 is 9.47 Å². The van der Waals surface area contributed by atoms with E-state index >= 15 is 0 Å². The normalized spacial score (nSPS) is 14.0. The molecule has 36 heavy (non-hydrogen) atoms. The highest BCUT2D eigenvalue weighted by Crippen LogP contribution is 2.38. The number of imidazole rings is 1. The number of aromatic nitrogens is 3. The van der Waals surface area contributed by atoms with Crippen LogP contribution in [-0.4, -0.2) is 59.7 Å². The molecule has 0 unspecified atom stereocenters. The molecule has 0 radical (unpaired) electrons. The highest BCUT2D eigenvalue weighted by atomic mass is 35.5. The molecule has 0 saturated carbocycles. The Morgan fingerprint density at radius 1 is 0.917 bits per heavy atom. The summed E-state index contributed by atoms with van der Waals surface area (Å²) in [5.74, 6) is 1.25. The van der Waals surface area contributed by atoms with E-state index in [9.17, 15) is 0 Å². The summed E-state index contributed by atoms with van der Waals surface area (Å²) in [6.45, 7) is 5.09. The van der Waals surface area contributed by atoms with Crippen LogP contribution in [0, 0.1) is 0 Å². The minimum atomic E-state index is 0. The Morgan fingerprint density at radius 3 is 2.44 bits per heavy atom. The number of benzene rings is 1. The molecule has 1 aliphatic rings. The first-order chi connectivity index (χ1) is 16.6.